The van der Waals surface area contributed by atoms with Gasteiger partial charge in [0.05, 0.1) is 25.4 Å². The molecule has 0 unspecified atom stereocenters. The second kappa shape index (κ2) is 18.6. The second-order valence-electron chi connectivity index (χ2n) is 10.3. The number of aliphatic hydroxyl groups is 2. The molecule has 0 radical (unpaired) electrons. The van der Waals surface area contributed by atoms with E-state index in [1.165, 1.54) is 0 Å². The summed E-state index contributed by atoms with van der Waals surface area (Å²) < 4.78 is 16.4. The molecule has 0 amide bonds. The van der Waals surface area contributed by atoms with E-state index in [4.69, 9.17) is 9.47 Å². The molecular weight excluding hydrogens is 820 g/mol. The number of ether oxygens (including phenoxy) is 2. The molecule has 10 heteroatoms. The molecule has 0 saturated carbocycles. The molecule has 44 heavy (non-hydrogen) atoms. The summed E-state index contributed by atoms with van der Waals surface area (Å²) in [5.41, 5.74) is 4.06. The Hall–Kier alpha value is -1.44. The normalized spacial score (nSPS) is 13.0. The average molecular weight is 856 g/mol. The van der Waals surface area contributed by atoms with Gasteiger partial charge in [-0.1, -0.05) is 112 Å². The third-order valence-electron chi connectivity index (χ3n) is 6.84. The minimum atomic E-state index is -0.670. The highest BCUT2D eigenvalue weighted by atomic mass is 79.9. The van der Waals surface area contributed by atoms with Crippen molar-refractivity contribution in [3.05, 3.63) is 137 Å². The first-order valence-corrected chi connectivity index (χ1v) is 17.5. The minimum absolute atomic E-state index is 0.186. The first-order valence-electron chi connectivity index (χ1n) is 14.3. The smallest absolute Gasteiger partial charge is 0.108 e. The monoisotopic (exact) mass is 852 g/mol. The van der Waals surface area contributed by atoms with Crippen molar-refractivity contribution in [1.29, 1.82) is 0 Å². The summed E-state index contributed by atoms with van der Waals surface area (Å²) in [6.45, 7) is 2.42. The van der Waals surface area contributed by atoms with Crippen LogP contribution >= 0.6 is 63.7 Å². The first-order chi connectivity index (χ1) is 21.3. The van der Waals surface area contributed by atoms with Gasteiger partial charge in [-0.3, -0.25) is 0 Å². The van der Waals surface area contributed by atoms with Gasteiger partial charge in [0.15, 0.2) is 0 Å². The molecule has 234 valence electrons. The van der Waals surface area contributed by atoms with Crippen molar-refractivity contribution in [2.24, 2.45) is 0 Å². The molecule has 4 aromatic carbocycles. The molecule has 4 aromatic rings. The quantitative estimate of drug-likeness (QED) is 0.0823. The van der Waals surface area contributed by atoms with Crippen LogP contribution in [0.15, 0.2) is 115 Å². The molecule has 4 rings (SSSR count). The van der Waals surface area contributed by atoms with Gasteiger partial charge in [-0.2, -0.15) is 0 Å². The maximum absolute atomic E-state index is 10.6. The maximum atomic E-state index is 10.6. The number of aliphatic hydroxyl groups excluding tert-OH is 2. The van der Waals surface area contributed by atoms with E-state index in [0.717, 1.165) is 40.1 Å². The van der Waals surface area contributed by atoms with E-state index in [9.17, 15) is 10.2 Å². The van der Waals surface area contributed by atoms with Crippen LogP contribution in [0, 0.1) is 0 Å². The molecule has 0 aliphatic rings. The lowest BCUT2D eigenvalue weighted by Gasteiger charge is -2.22. The van der Waals surface area contributed by atoms with Gasteiger partial charge in [0.2, 0.25) is 0 Å². The molecule has 0 saturated heterocycles. The highest BCUT2D eigenvalue weighted by molar-refractivity contribution is 9.11. The van der Waals surface area contributed by atoms with Crippen LogP contribution in [0.5, 0.6) is 0 Å². The van der Waals surface area contributed by atoms with Crippen LogP contribution in [-0.2, 0) is 9.47 Å². The van der Waals surface area contributed by atoms with Crippen LogP contribution in [0.3, 0.4) is 0 Å². The second-order valence-corrected chi connectivity index (χ2v) is 14.0. The fourth-order valence-electron chi connectivity index (χ4n) is 4.57. The van der Waals surface area contributed by atoms with E-state index in [1.807, 2.05) is 97.1 Å². The number of rotatable bonds is 17. The van der Waals surface area contributed by atoms with Crippen LogP contribution in [0.1, 0.15) is 34.5 Å². The zero-order valence-corrected chi connectivity index (χ0v) is 30.4. The van der Waals surface area contributed by atoms with Crippen LogP contribution in [0.4, 0.5) is 0 Å². The van der Waals surface area contributed by atoms with E-state index < -0.39 is 12.2 Å². The first kappa shape index (κ1) is 35.4. The van der Waals surface area contributed by atoms with Gasteiger partial charge in [0.1, 0.15) is 12.2 Å². The summed E-state index contributed by atoms with van der Waals surface area (Å²) in [6, 6.07) is 32.1. The standard InChI is InChI=1S/C34H36Br4N2O4/c35-27-9-1-23(2-10-27)33(24-3-11-28(36)12-4-24)43-21-31(41)19-39-17-18-40-20-32(42)22-44-34(25-5-13-29(37)14-6-25)26-7-15-30(38)16-8-26/h1-16,31-34,39-42H,17-22H2/t31-,32-/m0/s1. The summed E-state index contributed by atoms with van der Waals surface area (Å²) in [7, 11) is 0. The third-order valence-corrected chi connectivity index (χ3v) is 8.95. The van der Waals surface area contributed by atoms with Crippen molar-refractivity contribution in [3.63, 3.8) is 0 Å². The topological polar surface area (TPSA) is 83.0 Å². The van der Waals surface area contributed by atoms with Gasteiger partial charge in [-0.25, -0.2) is 0 Å². The number of hydrogen-bond donors (Lipinski definition) is 4. The van der Waals surface area contributed by atoms with E-state index in [1.54, 1.807) is 0 Å². The van der Waals surface area contributed by atoms with Crippen LogP contribution in [0.2, 0.25) is 0 Å². The molecule has 6 nitrogen and oxygen atoms in total. The Morgan fingerprint density at radius 1 is 0.455 bits per heavy atom. The predicted octanol–water partition coefficient (Wildman–Crippen LogP) is 7.55. The van der Waals surface area contributed by atoms with Gasteiger partial charge in [0, 0.05) is 44.1 Å². The Bertz CT molecular complexity index is 1190. The Kier molecular flexibility index (Phi) is 15.0. The van der Waals surface area contributed by atoms with Crippen molar-refractivity contribution in [2.75, 3.05) is 39.4 Å². The highest BCUT2D eigenvalue weighted by Gasteiger charge is 2.18. The molecule has 0 heterocycles. The molecule has 0 bridgehead atoms. The zero-order valence-electron chi connectivity index (χ0n) is 24.0. The van der Waals surface area contributed by atoms with Crippen LogP contribution in [-0.4, -0.2) is 61.8 Å². The summed E-state index contributed by atoms with van der Waals surface area (Å²) in [5, 5.41) is 27.7. The Morgan fingerprint density at radius 3 is 0.955 bits per heavy atom. The number of nitrogens with one attached hydrogen (secondary N) is 2. The molecule has 0 spiro atoms. The molecule has 0 fully saturated rings. The lowest BCUT2D eigenvalue weighted by Crippen LogP contribution is -2.38. The minimum Gasteiger partial charge on any atom is -0.389 e. The summed E-state index contributed by atoms with van der Waals surface area (Å²) in [5.74, 6) is 0. The lowest BCUT2D eigenvalue weighted by atomic mass is 10.0. The van der Waals surface area contributed by atoms with Crippen molar-refractivity contribution in [1.82, 2.24) is 10.6 Å². The fraction of sp³-hybridized carbons (Fsp3) is 0.294. The Morgan fingerprint density at radius 2 is 0.705 bits per heavy atom. The summed E-state index contributed by atoms with van der Waals surface area (Å²) in [4.78, 5) is 0. The Balaban J connectivity index is 1.16. The molecule has 4 N–H and O–H groups in total. The van der Waals surface area contributed by atoms with Crippen molar-refractivity contribution in [3.8, 4) is 0 Å². The fourth-order valence-corrected chi connectivity index (χ4v) is 5.62. The summed E-state index contributed by atoms with van der Waals surface area (Å²) in [6.07, 6.45) is -1.92. The van der Waals surface area contributed by atoms with E-state index >= 15 is 0 Å². The van der Waals surface area contributed by atoms with Gasteiger partial charge in [-0.15, -0.1) is 0 Å². The molecule has 0 aliphatic heterocycles. The van der Waals surface area contributed by atoms with E-state index in [-0.39, 0.29) is 25.4 Å². The SMILES string of the molecule is O[C@@H](CNCCNC[C@H](O)COC(c1ccc(Br)cc1)c1ccc(Br)cc1)COC(c1ccc(Br)cc1)c1ccc(Br)cc1. The van der Waals surface area contributed by atoms with Crippen molar-refractivity contribution >= 4 is 63.7 Å². The predicted molar refractivity (Wildman–Crippen MR) is 190 cm³/mol. The average Bonchev–Trinajstić information content (AvgIpc) is 3.02. The molecule has 0 aliphatic carbocycles. The number of benzene rings is 4. The van der Waals surface area contributed by atoms with Gasteiger partial charge < -0.3 is 30.3 Å². The Labute approximate surface area is 293 Å². The summed E-state index contributed by atoms with van der Waals surface area (Å²) >= 11 is 14.0. The van der Waals surface area contributed by atoms with Crippen LogP contribution < -0.4 is 10.6 Å². The van der Waals surface area contributed by atoms with E-state index in [0.29, 0.717) is 26.2 Å². The maximum Gasteiger partial charge on any atom is 0.108 e. The zero-order chi connectivity index (χ0) is 31.3. The molecular formula is C34H36Br4N2O4. The molecule has 0 aromatic heterocycles. The largest absolute Gasteiger partial charge is 0.389 e. The van der Waals surface area contributed by atoms with Crippen molar-refractivity contribution in [2.45, 2.75) is 24.4 Å². The van der Waals surface area contributed by atoms with Crippen LogP contribution in [0.25, 0.3) is 0 Å². The highest BCUT2D eigenvalue weighted by Crippen LogP contribution is 2.30. The third kappa shape index (κ3) is 11.7. The van der Waals surface area contributed by atoms with Gasteiger partial charge >= 0.3 is 0 Å². The van der Waals surface area contributed by atoms with Crippen molar-refractivity contribution < 1.29 is 19.7 Å². The number of hydrogen-bond acceptors (Lipinski definition) is 6. The van der Waals surface area contributed by atoms with E-state index in [2.05, 4.69) is 74.4 Å². The van der Waals surface area contributed by atoms with Gasteiger partial charge in [-0.05, 0) is 70.8 Å². The lowest BCUT2D eigenvalue weighted by molar-refractivity contribution is 0.00545. The number of halogens is 4. The van der Waals surface area contributed by atoms with Gasteiger partial charge in [0.25, 0.3) is 0 Å². The molecule has 2 atom stereocenters.